The van der Waals surface area contributed by atoms with Crippen molar-refractivity contribution in [1.29, 1.82) is 0 Å². The van der Waals surface area contributed by atoms with E-state index < -0.39 is 0 Å². The van der Waals surface area contributed by atoms with Crippen LogP contribution in [0.3, 0.4) is 0 Å². The molecule has 0 heterocycles. The summed E-state index contributed by atoms with van der Waals surface area (Å²) in [5, 5.41) is 3.19. The molecule has 0 aromatic rings. The van der Waals surface area contributed by atoms with Crippen molar-refractivity contribution in [2.45, 2.75) is 58.8 Å². The second-order valence-electron chi connectivity index (χ2n) is 6.32. The molecule has 1 amide bonds. The predicted octanol–water partition coefficient (Wildman–Crippen LogP) is 2.89. The zero-order valence-corrected chi connectivity index (χ0v) is 14.7. The van der Waals surface area contributed by atoms with E-state index in [1.54, 1.807) is 7.11 Å². The monoisotopic (exact) mass is 320 g/mol. The number of hydrogen-bond donors (Lipinski definition) is 2. The Morgan fingerprint density at radius 1 is 1.29 bits per heavy atom. The average Bonchev–Trinajstić information content (AvgIpc) is 2.95. The maximum absolute atomic E-state index is 12.5. The molecule has 1 aliphatic carbocycles. The molecule has 0 radical (unpaired) electrons. The molecule has 1 rings (SSSR count). The van der Waals surface area contributed by atoms with E-state index in [9.17, 15) is 4.79 Å². The Bertz CT molecular complexity index is 292. The largest absolute Gasteiger partial charge is 0.385 e. The Morgan fingerprint density at radius 3 is 2.29 bits per heavy atom. The van der Waals surface area contributed by atoms with Crippen molar-refractivity contribution in [2.75, 3.05) is 26.8 Å². The van der Waals surface area contributed by atoms with Crippen LogP contribution in [0.5, 0.6) is 0 Å². The molecule has 0 aliphatic heterocycles. The number of ether oxygens (including phenoxy) is 1. The van der Waals surface area contributed by atoms with E-state index in [1.165, 1.54) is 25.7 Å². The van der Waals surface area contributed by atoms with Crippen molar-refractivity contribution < 1.29 is 9.53 Å². The molecule has 0 aromatic carbocycles. The molecule has 0 bridgehead atoms. The number of nitrogens with one attached hydrogen (secondary N) is 1. The van der Waals surface area contributed by atoms with Gasteiger partial charge in [-0.15, -0.1) is 12.4 Å². The van der Waals surface area contributed by atoms with E-state index in [-0.39, 0.29) is 29.1 Å². The van der Waals surface area contributed by atoms with Crippen LogP contribution in [-0.2, 0) is 9.53 Å². The zero-order valence-electron chi connectivity index (χ0n) is 13.9. The van der Waals surface area contributed by atoms with Gasteiger partial charge >= 0.3 is 0 Å². The smallest absolute Gasteiger partial charge is 0.227 e. The number of carbonyl (C=O) groups is 1. The first kappa shape index (κ1) is 20.7. The minimum absolute atomic E-state index is 0. The highest BCUT2D eigenvalue weighted by Crippen LogP contribution is 2.40. The van der Waals surface area contributed by atoms with Crippen LogP contribution >= 0.6 is 12.4 Å². The number of carbonyl (C=O) groups excluding carboxylic acids is 1. The van der Waals surface area contributed by atoms with Crippen LogP contribution in [-0.4, -0.2) is 32.7 Å². The van der Waals surface area contributed by atoms with Crippen LogP contribution in [0.25, 0.3) is 0 Å². The third-order valence-corrected chi connectivity index (χ3v) is 5.35. The summed E-state index contributed by atoms with van der Waals surface area (Å²) >= 11 is 0. The van der Waals surface area contributed by atoms with E-state index in [1.807, 2.05) is 13.8 Å². The van der Waals surface area contributed by atoms with E-state index in [4.69, 9.17) is 10.5 Å². The van der Waals surface area contributed by atoms with Gasteiger partial charge in [0, 0.05) is 26.8 Å². The van der Waals surface area contributed by atoms with Gasteiger partial charge in [0.15, 0.2) is 0 Å². The van der Waals surface area contributed by atoms with Gasteiger partial charge in [0.1, 0.15) is 0 Å². The van der Waals surface area contributed by atoms with Gasteiger partial charge in [-0.2, -0.15) is 0 Å². The second kappa shape index (κ2) is 9.65. The number of nitrogens with two attached hydrogens (primary N) is 1. The highest BCUT2D eigenvalue weighted by molar-refractivity contribution is 5.85. The first-order valence-corrected chi connectivity index (χ1v) is 8.05. The summed E-state index contributed by atoms with van der Waals surface area (Å²) in [5.74, 6) is 0.133. The molecule has 1 aliphatic rings. The molecule has 3 N–H and O–H groups in total. The molecule has 1 saturated carbocycles. The maximum atomic E-state index is 12.5. The number of amides is 1. The molecular weight excluding hydrogens is 288 g/mol. The molecule has 126 valence electrons. The van der Waals surface area contributed by atoms with Gasteiger partial charge < -0.3 is 15.8 Å². The summed E-state index contributed by atoms with van der Waals surface area (Å²) in [7, 11) is 1.74. The summed E-state index contributed by atoms with van der Waals surface area (Å²) in [4.78, 5) is 12.5. The minimum atomic E-state index is -0.388. The molecule has 21 heavy (non-hydrogen) atoms. The Morgan fingerprint density at radius 2 is 1.86 bits per heavy atom. The topological polar surface area (TPSA) is 64.4 Å². The number of methoxy groups -OCH3 is 1. The number of halogens is 1. The third-order valence-electron chi connectivity index (χ3n) is 5.35. The molecule has 0 spiro atoms. The summed E-state index contributed by atoms with van der Waals surface area (Å²) in [6, 6.07) is 0. The van der Waals surface area contributed by atoms with Crippen LogP contribution in [0.4, 0.5) is 0 Å². The summed E-state index contributed by atoms with van der Waals surface area (Å²) in [6.45, 7) is 6.08. The summed E-state index contributed by atoms with van der Waals surface area (Å²) < 4.78 is 5.23. The van der Waals surface area contributed by atoms with E-state index >= 15 is 0 Å². The van der Waals surface area contributed by atoms with Gasteiger partial charge in [-0.3, -0.25) is 4.79 Å². The summed E-state index contributed by atoms with van der Waals surface area (Å²) in [5.41, 5.74) is 5.70. The lowest BCUT2D eigenvalue weighted by Gasteiger charge is -2.33. The first-order chi connectivity index (χ1) is 9.58. The van der Waals surface area contributed by atoms with Crippen LogP contribution in [0.1, 0.15) is 58.8 Å². The Labute approximate surface area is 136 Å². The Hall–Kier alpha value is -0.320. The molecule has 0 aromatic heterocycles. The van der Waals surface area contributed by atoms with Crippen molar-refractivity contribution >= 4 is 18.3 Å². The lowest BCUT2D eigenvalue weighted by Crippen LogP contribution is -2.48. The molecule has 4 nitrogen and oxygen atoms in total. The van der Waals surface area contributed by atoms with Gasteiger partial charge in [0.25, 0.3) is 0 Å². The standard InChI is InChI=1S/C16H32N2O2.ClH/c1-4-16(5-2,12-17)14(19)18-13-15(10-11-20-3)8-6-7-9-15;/h4-13,17H2,1-3H3,(H,18,19);1H. The Balaban J connectivity index is 0.00000400. The van der Waals surface area contributed by atoms with Gasteiger partial charge in [-0.05, 0) is 37.5 Å². The van der Waals surface area contributed by atoms with Crippen LogP contribution in [0, 0.1) is 10.8 Å². The average molecular weight is 321 g/mol. The second-order valence-corrected chi connectivity index (χ2v) is 6.32. The molecule has 1 fully saturated rings. The normalized spacial score (nSPS) is 17.3. The molecular formula is C16H33ClN2O2. The summed E-state index contributed by atoms with van der Waals surface area (Å²) in [6.07, 6.45) is 7.58. The van der Waals surface area contributed by atoms with Gasteiger partial charge in [0.05, 0.1) is 5.41 Å². The molecule has 5 heteroatoms. The lowest BCUT2D eigenvalue weighted by atomic mass is 9.79. The third kappa shape index (κ3) is 5.11. The maximum Gasteiger partial charge on any atom is 0.227 e. The first-order valence-electron chi connectivity index (χ1n) is 8.05. The predicted molar refractivity (Wildman–Crippen MR) is 89.7 cm³/mol. The fraction of sp³-hybridized carbons (Fsp3) is 0.938. The zero-order chi connectivity index (χ0) is 15.1. The van der Waals surface area contributed by atoms with Crippen LogP contribution in [0.15, 0.2) is 0 Å². The molecule has 0 atom stereocenters. The van der Waals surface area contributed by atoms with E-state index in [2.05, 4.69) is 5.32 Å². The van der Waals surface area contributed by atoms with Crippen LogP contribution in [0.2, 0.25) is 0 Å². The lowest BCUT2D eigenvalue weighted by molar-refractivity contribution is -0.131. The fourth-order valence-electron chi connectivity index (χ4n) is 3.37. The minimum Gasteiger partial charge on any atom is -0.385 e. The van der Waals surface area contributed by atoms with Crippen molar-refractivity contribution in [3.05, 3.63) is 0 Å². The van der Waals surface area contributed by atoms with Gasteiger partial charge in [-0.1, -0.05) is 26.7 Å². The van der Waals surface area contributed by atoms with Crippen LogP contribution < -0.4 is 11.1 Å². The van der Waals surface area contributed by atoms with Gasteiger partial charge in [-0.25, -0.2) is 0 Å². The highest BCUT2D eigenvalue weighted by atomic mass is 35.5. The number of rotatable bonds is 9. The van der Waals surface area contributed by atoms with Crippen molar-refractivity contribution in [2.24, 2.45) is 16.6 Å². The quantitative estimate of drug-likeness (QED) is 0.686. The Kier molecular flexibility index (Phi) is 9.50. The van der Waals surface area contributed by atoms with Crippen molar-refractivity contribution in [3.63, 3.8) is 0 Å². The number of hydrogen-bond acceptors (Lipinski definition) is 3. The SMILES string of the molecule is CCC(CC)(CN)C(=O)NCC1(CCOC)CCCC1.Cl. The van der Waals surface area contributed by atoms with E-state index in [0.717, 1.165) is 32.4 Å². The van der Waals surface area contributed by atoms with Crippen molar-refractivity contribution in [3.8, 4) is 0 Å². The molecule has 0 unspecified atom stereocenters. The fourth-order valence-corrected chi connectivity index (χ4v) is 3.37. The van der Waals surface area contributed by atoms with Crippen molar-refractivity contribution in [1.82, 2.24) is 5.32 Å². The van der Waals surface area contributed by atoms with E-state index in [0.29, 0.717) is 6.54 Å². The molecule has 0 saturated heterocycles. The van der Waals surface area contributed by atoms with Gasteiger partial charge in [0.2, 0.25) is 5.91 Å². The highest BCUT2D eigenvalue weighted by Gasteiger charge is 2.37.